The lowest BCUT2D eigenvalue weighted by molar-refractivity contribution is -0.298. The second kappa shape index (κ2) is 41.1. The first-order valence-corrected chi connectivity index (χ1v) is 24.1. The van der Waals surface area contributed by atoms with Gasteiger partial charge in [-0.2, -0.15) is 0 Å². The van der Waals surface area contributed by atoms with Gasteiger partial charge in [0.05, 0.1) is 6.61 Å². The monoisotopic (exact) mass is 885 g/mol. The van der Waals surface area contributed by atoms with Crippen molar-refractivity contribution in [3.05, 3.63) is 85.1 Å². The Morgan fingerprint density at radius 3 is 1.48 bits per heavy atom. The van der Waals surface area contributed by atoms with Crippen LogP contribution in [0.4, 0.5) is 0 Å². The van der Waals surface area contributed by atoms with Gasteiger partial charge in [0.15, 0.2) is 18.5 Å². The van der Waals surface area contributed by atoms with Crippen LogP contribution in [0, 0.1) is 0 Å². The Kier molecular flexibility index (Phi) is 37.5. The Morgan fingerprint density at radius 2 is 0.968 bits per heavy atom. The molecule has 1 heterocycles. The second-order valence-electron chi connectivity index (χ2n) is 16.2. The van der Waals surface area contributed by atoms with Gasteiger partial charge in [-0.15, -0.1) is 0 Å². The van der Waals surface area contributed by atoms with Crippen molar-refractivity contribution in [3.63, 3.8) is 0 Å². The van der Waals surface area contributed by atoms with Crippen molar-refractivity contribution in [2.45, 2.75) is 211 Å². The zero-order valence-corrected chi connectivity index (χ0v) is 38.8. The molecule has 0 aliphatic carbocycles. The van der Waals surface area contributed by atoms with E-state index in [2.05, 4.69) is 86.8 Å². The molecule has 0 radical (unpaired) electrons. The van der Waals surface area contributed by atoms with E-state index in [-0.39, 0.29) is 19.4 Å². The molecule has 0 bridgehead atoms. The van der Waals surface area contributed by atoms with Crippen LogP contribution in [-0.4, -0.2) is 88.4 Å². The van der Waals surface area contributed by atoms with Crippen molar-refractivity contribution in [3.8, 4) is 0 Å². The van der Waals surface area contributed by atoms with Crippen LogP contribution in [0.25, 0.3) is 0 Å². The number of carbonyl (C=O) groups excluding carboxylic acids is 2. The van der Waals surface area contributed by atoms with Crippen molar-refractivity contribution >= 4 is 17.9 Å². The van der Waals surface area contributed by atoms with Gasteiger partial charge in [-0.3, -0.25) is 9.59 Å². The van der Waals surface area contributed by atoms with Gasteiger partial charge >= 0.3 is 17.9 Å². The molecule has 0 aromatic heterocycles. The maximum atomic E-state index is 12.8. The molecule has 0 saturated carbocycles. The minimum Gasteiger partial charge on any atom is -0.479 e. The lowest BCUT2D eigenvalue weighted by atomic mass is 9.99. The number of unbranched alkanes of at least 4 members (excludes halogenated alkanes) is 14. The van der Waals surface area contributed by atoms with Crippen LogP contribution in [0.3, 0.4) is 0 Å². The largest absolute Gasteiger partial charge is 0.479 e. The molecule has 11 nitrogen and oxygen atoms in total. The molecule has 358 valence electrons. The fourth-order valence-electron chi connectivity index (χ4n) is 6.72. The highest BCUT2D eigenvalue weighted by Crippen LogP contribution is 2.23. The fourth-order valence-corrected chi connectivity index (χ4v) is 6.72. The first kappa shape index (κ1) is 57.4. The highest BCUT2D eigenvalue weighted by atomic mass is 16.7. The summed E-state index contributed by atoms with van der Waals surface area (Å²) in [6.45, 7) is 3.63. The van der Waals surface area contributed by atoms with E-state index in [1.165, 1.54) is 64.2 Å². The number of carbonyl (C=O) groups is 3. The van der Waals surface area contributed by atoms with E-state index in [4.69, 9.17) is 18.9 Å². The van der Waals surface area contributed by atoms with E-state index >= 15 is 0 Å². The maximum Gasteiger partial charge on any atom is 0.335 e. The zero-order valence-electron chi connectivity index (χ0n) is 38.8. The number of aliphatic hydroxyl groups excluding tert-OH is 3. The van der Waals surface area contributed by atoms with E-state index in [0.29, 0.717) is 12.8 Å². The number of ether oxygens (including phenoxy) is 4. The first-order valence-electron chi connectivity index (χ1n) is 24.1. The molecule has 1 rings (SSSR count). The van der Waals surface area contributed by atoms with E-state index in [1.54, 1.807) is 0 Å². The van der Waals surface area contributed by atoms with Crippen molar-refractivity contribution in [1.82, 2.24) is 0 Å². The van der Waals surface area contributed by atoms with Gasteiger partial charge in [0.1, 0.15) is 24.9 Å². The Bertz CT molecular complexity index is 1360. The van der Waals surface area contributed by atoms with Gasteiger partial charge in [-0.25, -0.2) is 4.79 Å². The number of esters is 2. The maximum absolute atomic E-state index is 12.8. The minimum absolute atomic E-state index is 0.106. The van der Waals surface area contributed by atoms with Crippen molar-refractivity contribution < 1.29 is 53.8 Å². The lowest BCUT2D eigenvalue weighted by Crippen LogP contribution is -2.60. The number of allylic oxidation sites excluding steroid dienone is 14. The van der Waals surface area contributed by atoms with Gasteiger partial charge < -0.3 is 39.4 Å². The molecule has 6 atom stereocenters. The normalized spacial score (nSPS) is 20.2. The van der Waals surface area contributed by atoms with E-state index in [1.807, 2.05) is 12.2 Å². The molecule has 0 aromatic rings. The SMILES string of the molecule is CC/C=C\C/C=C\C/C=C\C/C=C\C/C=C\C/C=C\CCC(=O)OCC(COC1OC(C(=O)O)C(O)C(O)C1O)OC(=O)CCCCCCCCC/C=C\CCCCCCCCC. The molecule has 1 aliphatic rings. The van der Waals surface area contributed by atoms with Crippen LogP contribution >= 0.6 is 0 Å². The number of aliphatic hydroxyl groups is 3. The molecule has 11 heteroatoms. The topological polar surface area (TPSA) is 169 Å². The molecule has 6 unspecified atom stereocenters. The summed E-state index contributed by atoms with van der Waals surface area (Å²) < 4.78 is 21.7. The van der Waals surface area contributed by atoms with Crippen LogP contribution in [-0.2, 0) is 33.3 Å². The summed E-state index contributed by atoms with van der Waals surface area (Å²) in [5.41, 5.74) is 0. The van der Waals surface area contributed by atoms with Gasteiger partial charge in [-0.05, 0) is 77.0 Å². The predicted molar refractivity (Wildman–Crippen MR) is 252 cm³/mol. The van der Waals surface area contributed by atoms with Crippen molar-refractivity contribution in [1.29, 1.82) is 0 Å². The van der Waals surface area contributed by atoms with E-state index in [0.717, 1.165) is 70.6 Å². The third kappa shape index (κ3) is 32.7. The van der Waals surface area contributed by atoms with Crippen molar-refractivity contribution in [2.75, 3.05) is 13.2 Å². The number of carboxylic acid groups (broad SMARTS) is 1. The number of aliphatic carboxylic acids is 1. The Morgan fingerprint density at radius 1 is 0.508 bits per heavy atom. The van der Waals surface area contributed by atoms with Gasteiger partial charge in [-0.1, -0.05) is 170 Å². The van der Waals surface area contributed by atoms with Crippen LogP contribution < -0.4 is 0 Å². The average molecular weight is 885 g/mol. The Hall–Kier alpha value is -3.61. The van der Waals surface area contributed by atoms with Crippen molar-refractivity contribution in [2.24, 2.45) is 0 Å². The highest BCUT2D eigenvalue weighted by molar-refractivity contribution is 5.73. The Labute approximate surface area is 380 Å². The summed E-state index contributed by atoms with van der Waals surface area (Å²) in [4.78, 5) is 36.9. The van der Waals surface area contributed by atoms with Crippen LogP contribution in [0.2, 0.25) is 0 Å². The molecule has 1 saturated heterocycles. The van der Waals surface area contributed by atoms with E-state index in [9.17, 15) is 34.8 Å². The number of carboxylic acids is 1. The molecule has 0 aromatic carbocycles. The molecule has 0 amide bonds. The summed E-state index contributed by atoms with van der Waals surface area (Å²) in [7, 11) is 0. The van der Waals surface area contributed by atoms with E-state index < -0.39 is 61.3 Å². The van der Waals surface area contributed by atoms with Crippen LogP contribution in [0.1, 0.15) is 174 Å². The second-order valence-corrected chi connectivity index (χ2v) is 16.2. The molecule has 1 aliphatic heterocycles. The molecular formula is C52H84O11. The van der Waals surface area contributed by atoms with Gasteiger partial charge in [0.2, 0.25) is 0 Å². The summed E-state index contributed by atoms with van der Waals surface area (Å²) in [6, 6.07) is 0. The molecule has 4 N–H and O–H groups in total. The quantitative estimate of drug-likeness (QED) is 0.0263. The van der Waals surface area contributed by atoms with Gasteiger partial charge in [0, 0.05) is 12.8 Å². The third-order valence-corrected chi connectivity index (χ3v) is 10.5. The van der Waals surface area contributed by atoms with Crippen LogP contribution in [0.5, 0.6) is 0 Å². The molecular weight excluding hydrogens is 801 g/mol. The zero-order chi connectivity index (χ0) is 46.0. The number of rotatable bonds is 39. The lowest BCUT2D eigenvalue weighted by Gasteiger charge is -2.38. The summed E-state index contributed by atoms with van der Waals surface area (Å²) in [5.74, 6) is -2.56. The summed E-state index contributed by atoms with van der Waals surface area (Å²) >= 11 is 0. The summed E-state index contributed by atoms with van der Waals surface area (Å²) in [5, 5.41) is 39.9. The number of hydrogen-bond donors (Lipinski definition) is 4. The predicted octanol–water partition coefficient (Wildman–Crippen LogP) is 11.0. The molecule has 63 heavy (non-hydrogen) atoms. The average Bonchev–Trinajstić information content (AvgIpc) is 3.27. The standard InChI is InChI=1S/C52H84O11/c1-3-5-7-9-11-13-15-17-19-21-23-25-26-28-30-32-34-36-38-40-45(53)60-42-44(43-61-52-49(57)47(55)48(56)50(63-52)51(58)59)62-46(54)41-39-37-35-33-31-29-27-24-22-20-18-16-14-12-10-8-6-4-2/h5,7,11,13,17,19-20,22-23,25,28,30,34,36,44,47-50,52,55-57H,3-4,6,8-10,12,14-16,18,21,24,26-27,29,31-33,35,37-43H2,1-2H3,(H,58,59)/b7-5-,13-11-,19-17-,22-20-,25-23-,30-28-,36-34-. The van der Waals surface area contributed by atoms with Crippen LogP contribution in [0.15, 0.2) is 85.1 Å². The smallest absolute Gasteiger partial charge is 0.335 e. The fraction of sp³-hybridized carbons (Fsp3) is 0.673. The highest BCUT2D eigenvalue weighted by Gasteiger charge is 2.47. The molecule has 1 fully saturated rings. The first-order chi connectivity index (χ1) is 30.7. The Balaban J connectivity index is 2.40. The third-order valence-electron chi connectivity index (χ3n) is 10.5. The molecule has 0 spiro atoms. The number of hydrogen-bond acceptors (Lipinski definition) is 10. The van der Waals surface area contributed by atoms with Gasteiger partial charge in [0.25, 0.3) is 0 Å². The summed E-state index contributed by atoms with van der Waals surface area (Å²) in [6.07, 6.45) is 45.0. The minimum atomic E-state index is -1.88.